The molecule has 1 aromatic carbocycles. The van der Waals surface area contributed by atoms with Gasteiger partial charge in [-0.1, -0.05) is 12.1 Å². The first kappa shape index (κ1) is 8.68. The molecule has 0 aliphatic heterocycles. The minimum atomic E-state index is -0.0946. The Morgan fingerprint density at radius 1 is 1.33 bits per heavy atom. The second-order valence-electron chi connectivity index (χ2n) is 4.07. The molecule has 0 saturated heterocycles. The summed E-state index contributed by atoms with van der Waals surface area (Å²) in [6, 6.07) is 8.13. The summed E-state index contributed by atoms with van der Waals surface area (Å²) in [4.78, 5) is 4.12. The fraction of sp³-hybridized carbons (Fsp3) is 0.250. The molecule has 1 fully saturated rings. The number of hydrogen-bond donors (Lipinski definition) is 1. The van der Waals surface area contributed by atoms with E-state index in [4.69, 9.17) is 10.2 Å². The molecule has 3 nitrogen and oxygen atoms in total. The summed E-state index contributed by atoms with van der Waals surface area (Å²) in [5.74, 6) is 0.654. The van der Waals surface area contributed by atoms with Gasteiger partial charge in [0.2, 0.25) is 5.89 Å². The molecule has 1 saturated carbocycles. The van der Waals surface area contributed by atoms with Crippen molar-refractivity contribution in [3.63, 3.8) is 0 Å². The van der Waals surface area contributed by atoms with Crippen LogP contribution in [-0.4, -0.2) is 4.98 Å². The van der Waals surface area contributed by atoms with E-state index in [9.17, 15) is 0 Å². The average Bonchev–Trinajstić information content (AvgIpc) is 2.84. The van der Waals surface area contributed by atoms with Crippen LogP contribution >= 0.6 is 0 Å². The highest BCUT2D eigenvalue weighted by Gasteiger charge is 2.39. The van der Waals surface area contributed by atoms with Crippen molar-refractivity contribution < 1.29 is 4.42 Å². The lowest BCUT2D eigenvalue weighted by Crippen LogP contribution is -2.18. The van der Waals surface area contributed by atoms with E-state index in [1.807, 2.05) is 12.1 Å². The number of nitrogens with two attached hydrogens (primary N) is 1. The molecule has 0 atom stereocenters. The lowest BCUT2D eigenvalue weighted by atomic mass is 10.0. The first-order valence-corrected chi connectivity index (χ1v) is 5.07. The van der Waals surface area contributed by atoms with Gasteiger partial charge in [-0.05, 0) is 30.5 Å². The van der Waals surface area contributed by atoms with Crippen molar-refractivity contribution in [1.29, 1.82) is 0 Å². The third-order valence-corrected chi connectivity index (χ3v) is 2.91. The molecule has 2 N–H and O–H groups in total. The van der Waals surface area contributed by atoms with Crippen LogP contribution in [0.4, 0.5) is 0 Å². The first-order chi connectivity index (χ1) is 7.28. The molecule has 15 heavy (non-hydrogen) atoms. The molecule has 1 heterocycles. The quantitative estimate of drug-likeness (QED) is 0.809. The average molecular weight is 200 g/mol. The van der Waals surface area contributed by atoms with Gasteiger partial charge in [-0.2, -0.15) is 0 Å². The van der Waals surface area contributed by atoms with E-state index in [0.29, 0.717) is 5.89 Å². The molecule has 76 valence electrons. The molecule has 3 heteroatoms. The summed E-state index contributed by atoms with van der Waals surface area (Å²) < 4.78 is 5.26. The maximum atomic E-state index is 6.14. The number of hydrogen-bond acceptors (Lipinski definition) is 3. The maximum absolute atomic E-state index is 6.14. The second kappa shape index (κ2) is 2.94. The highest BCUT2D eigenvalue weighted by atomic mass is 16.3. The SMILES string of the molecule is NC1(c2cccc(-c3ncco3)c2)CC1. The molecule has 1 aliphatic carbocycles. The van der Waals surface area contributed by atoms with Crippen LogP contribution in [0.5, 0.6) is 0 Å². The van der Waals surface area contributed by atoms with Crippen molar-refractivity contribution in [3.05, 3.63) is 42.3 Å². The Morgan fingerprint density at radius 3 is 2.87 bits per heavy atom. The lowest BCUT2D eigenvalue weighted by Gasteiger charge is -2.09. The minimum Gasteiger partial charge on any atom is -0.445 e. The van der Waals surface area contributed by atoms with Gasteiger partial charge in [0.1, 0.15) is 6.26 Å². The highest BCUT2D eigenvalue weighted by Crippen LogP contribution is 2.43. The van der Waals surface area contributed by atoms with Gasteiger partial charge in [-0.15, -0.1) is 0 Å². The van der Waals surface area contributed by atoms with E-state index in [1.54, 1.807) is 12.5 Å². The van der Waals surface area contributed by atoms with E-state index in [1.165, 1.54) is 5.56 Å². The van der Waals surface area contributed by atoms with Crippen molar-refractivity contribution >= 4 is 0 Å². The van der Waals surface area contributed by atoms with Crippen molar-refractivity contribution in [2.75, 3.05) is 0 Å². The summed E-state index contributed by atoms with van der Waals surface area (Å²) in [7, 11) is 0. The Hall–Kier alpha value is -1.61. The molecule has 0 spiro atoms. The predicted molar refractivity (Wildman–Crippen MR) is 57.0 cm³/mol. The van der Waals surface area contributed by atoms with Gasteiger partial charge >= 0.3 is 0 Å². The smallest absolute Gasteiger partial charge is 0.225 e. The molecule has 1 aromatic heterocycles. The molecule has 2 aromatic rings. The molecule has 0 bridgehead atoms. The van der Waals surface area contributed by atoms with Gasteiger partial charge in [-0.3, -0.25) is 0 Å². The summed E-state index contributed by atoms with van der Waals surface area (Å²) in [6.07, 6.45) is 5.37. The number of benzene rings is 1. The fourth-order valence-corrected chi connectivity index (χ4v) is 1.75. The van der Waals surface area contributed by atoms with Crippen LogP contribution < -0.4 is 5.73 Å². The Labute approximate surface area is 87.9 Å². The number of oxazole rings is 1. The normalized spacial score (nSPS) is 17.7. The van der Waals surface area contributed by atoms with Crippen LogP contribution in [-0.2, 0) is 5.54 Å². The molecular weight excluding hydrogens is 188 g/mol. The maximum Gasteiger partial charge on any atom is 0.225 e. The number of nitrogens with zero attached hydrogens (tertiary/aromatic N) is 1. The van der Waals surface area contributed by atoms with E-state index in [2.05, 4.69) is 17.1 Å². The fourth-order valence-electron chi connectivity index (χ4n) is 1.75. The molecule has 0 amide bonds. The van der Waals surface area contributed by atoms with Gasteiger partial charge in [0.25, 0.3) is 0 Å². The zero-order valence-electron chi connectivity index (χ0n) is 8.31. The van der Waals surface area contributed by atoms with Crippen molar-refractivity contribution in [3.8, 4) is 11.5 Å². The largest absolute Gasteiger partial charge is 0.445 e. The zero-order valence-corrected chi connectivity index (χ0v) is 8.31. The van der Waals surface area contributed by atoms with Gasteiger partial charge in [0.15, 0.2) is 0 Å². The third kappa shape index (κ3) is 1.45. The monoisotopic (exact) mass is 200 g/mol. The topological polar surface area (TPSA) is 52.0 Å². The van der Waals surface area contributed by atoms with Crippen LogP contribution in [0.1, 0.15) is 18.4 Å². The molecule has 0 unspecified atom stereocenters. The Balaban J connectivity index is 2.04. The van der Waals surface area contributed by atoms with Crippen LogP contribution in [0.3, 0.4) is 0 Å². The number of aromatic nitrogens is 1. The lowest BCUT2D eigenvalue weighted by molar-refractivity contribution is 0.574. The molecule has 3 rings (SSSR count). The van der Waals surface area contributed by atoms with Crippen molar-refractivity contribution in [1.82, 2.24) is 4.98 Å². The minimum absolute atomic E-state index is 0.0946. The van der Waals surface area contributed by atoms with Crippen LogP contribution in [0, 0.1) is 0 Å². The third-order valence-electron chi connectivity index (χ3n) is 2.91. The Morgan fingerprint density at radius 2 is 2.20 bits per heavy atom. The van der Waals surface area contributed by atoms with Crippen LogP contribution in [0.15, 0.2) is 41.1 Å². The molecular formula is C12H12N2O. The van der Waals surface area contributed by atoms with E-state index >= 15 is 0 Å². The molecule has 0 radical (unpaired) electrons. The van der Waals surface area contributed by atoms with E-state index in [0.717, 1.165) is 18.4 Å². The van der Waals surface area contributed by atoms with Crippen molar-refractivity contribution in [2.45, 2.75) is 18.4 Å². The van der Waals surface area contributed by atoms with Crippen molar-refractivity contribution in [2.24, 2.45) is 5.73 Å². The number of rotatable bonds is 2. The summed E-state index contributed by atoms with van der Waals surface area (Å²) in [5, 5.41) is 0. The highest BCUT2D eigenvalue weighted by molar-refractivity contribution is 5.55. The van der Waals surface area contributed by atoms with Crippen LogP contribution in [0.2, 0.25) is 0 Å². The van der Waals surface area contributed by atoms with Gasteiger partial charge in [0.05, 0.1) is 6.20 Å². The van der Waals surface area contributed by atoms with Crippen LogP contribution in [0.25, 0.3) is 11.5 Å². The second-order valence-corrected chi connectivity index (χ2v) is 4.07. The van der Waals surface area contributed by atoms with E-state index in [-0.39, 0.29) is 5.54 Å². The summed E-state index contributed by atoms with van der Waals surface area (Å²) in [6.45, 7) is 0. The summed E-state index contributed by atoms with van der Waals surface area (Å²) >= 11 is 0. The Bertz CT molecular complexity index is 472. The first-order valence-electron chi connectivity index (χ1n) is 5.07. The Kier molecular flexibility index (Phi) is 1.70. The predicted octanol–water partition coefficient (Wildman–Crippen LogP) is 2.29. The van der Waals surface area contributed by atoms with E-state index < -0.39 is 0 Å². The molecule has 1 aliphatic rings. The van der Waals surface area contributed by atoms with Gasteiger partial charge in [-0.25, -0.2) is 4.98 Å². The van der Waals surface area contributed by atoms with Gasteiger partial charge < -0.3 is 10.2 Å². The van der Waals surface area contributed by atoms with Gasteiger partial charge in [0, 0.05) is 11.1 Å². The summed E-state index contributed by atoms with van der Waals surface area (Å²) in [5.41, 5.74) is 8.22. The standard InChI is InChI=1S/C12H12N2O/c13-12(4-5-12)10-3-1-2-9(8-10)11-14-6-7-15-11/h1-3,6-8H,4-5,13H2. The zero-order chi connectivity index (χ0) is 10.3.